The third-order valence-corrected chi connectivity index (χ3v) is 4.49. The predicted octanol–water partition coefficient (Wildman–Crippen LogP) is 3.27. The van der Waals surface area contributed by atoms with E-state index in [1.165, 1.54) is 0 Å². The number of imidazole rings is 1. The fourth-order valence-electron chi connectivity index (χ4n) is 3.10. The molecule has 1 amide bonds. The summed E-state index contributed by atoms with van der Waals surface area (Å²) < 4.78 is 2.07. The molecule has 4 heteroatoms. The van der Waals surface area contributed by atoms with Crippen molar-refractivity contribution in [3.8, 4) is 12.3 Å². The number of carbonyl (C=O) groups excluding carboxylic acids is 1. The summed E-state index contributed by atoms with van der Waals surface area (Å²) in [7, 11) is 0. The van der Waals surface area contributed by atoms with Gasteiger partial charge in [-0.2, -0.15) is 0 Å². The maximum Gasteiger partial charge on any atom is 0.224 e. The Morgan fingerprint density at radius 3 is 2.77 bits per heavy atom. The number of aromatic nitrogens is 2. The summed E-state index contributed by atoms with van der Waals surface area (Å²) in [5.41, 5.74) is 4.23. The lowest BCUT2D eigenvalue weighted by Gasteiger charge is -2.08. The molecule has 0 fully saturated rings. The van der Waals surface area contributed by atoms with Crippen molar-refractivity contribution < 1.29 is 4.79 Å². The zero-order valence-corrected chi connectivity index (χ0v) is 15.0. The van der Waals surface area contributed by atoms with Gasteiger partial charge in [-0.3, -0.25) is 4.79 Å². The summed E-state index contributed by atoms with van der Waals surface area (Å²) in [6.45, 7) is 3.16. The molecule has 132 valence electrons. The van der Waals surface area contributed by atoms with Crippen LogP contribution in [0.2, 0.25) is 0 Å². The van der Waals surface area contributed by atoms with Crippen molar-refractivity contribution in [1.82, 2.24) is 14.9 Å². The first kappa shape index (κ1) is 17.8. The van der Waals surface area contributed by atoms with E-state index in [2.05, 4.69) is 20.8 Å². The lowest BCUT2D eigenvalue weighted by molar-refractivity contribution is -0.120. The first-order chi connectivity index (χ1) is 12.7. The number of hydrogen-bond donors (Lipinski definition) is 1. The lowest BCUT2D eigenvalue weighted by Crippen LogP contribution is -2.26. The van der Waals surface area contributed by atoms with Crippen molar-refractivity contribution in [3.63, 3.8) is 0 Å². The molecule has 0 unspecified atom stereocenters. The monoisotopic (exact) mass is 345 g/mol. The Morgan fingerprint density at radius 1 is 1.19 bits per heavy atom. The normalized spacial score (nSPS) is 10.6. The molecule has 0 aliphatic heterocycles. The highest BCUT2D eigenvalue weighted by Gasteiger charge is 2.10. The zero-order chi connectivity index (χ0) is 18.4. The highest BCUT2D eigenvalue weighted by atomic mass is 16.1. The molecule has 0 radical (unpaired) electrons. The molecule has 3 aromatic rings. The van der Waals surface area contributed by atoms with E-state index in [-0.39, 0.29) is 5.91 Å². The van der Waals surface area contributed by atoms with E-state index in [4.69, 9.17) is 6.42 Å². The molecule has 3 rings (SSSR count). The molecule has 26 heavy (non-hydrogen) atoms. The van der Waals surface area contributed by atoms with Crippen LogP contribution < -0.4 is 5.32 Å². The van der Waals surface area contributed by atoms with Gasteiger partial charge in [0, 0.05) is 13.0 Å². The van der Waals surface area contributed by atoms with E-state index in [9.17, 15) is 4.79 Å². The van der Waals surface area contributed by atoms with Gasteiger partial charge in [-0.05, 0) is 36.6 Å². The number of hydrogen-bond acceptors (Lipinski definition) is 2. The molecule has 1 aromatic heterocycles. The van der Waals surface area contributed by atoms with Gasteiger partial charge in [-0.25, -0.2) is 4.98 Å². The number of rotatable bonds is 7. The Morgan fingerprint density at radius 2 is 1.96 bits per heavy atom. The number of nitrogens with zero attached hydrogens (tertiary/aromatic N) is 2. The van der Waals surface area contributed by atoms with Crippen LogP contribution in [0.3, 0.4) is 0 Å². The minimum absolute atomic E-state index is 0.0522. The minimum Gasteiger partial charge on any atom is -0.356 e. The van der Waals surface area contributed by atoms with Crippen LogP contribution >= 0.6 is 0 Å². The van der Waals surface area contributed by atoms with Gasteiger partial charge in [0.1, 0.15) is 5.82 Å². The van der Waals surface area contributed by atoms with Crippen LogP contribution in [0.25, 0.3) is 11.0 Å². The first-order valence-electron chi connectivity index (χ1n) is 8.88. The van der Waals surface area contributed by atoms with Crippen LogP contribution in [-0.4, -0.2) is 22.0 Å². The maximum atomic E-state index is 12.1. The first-order valence-corrected chi connectivity index (χ1v) is 8.88. The number of amides is 1. The van der Waals surface area contributed by atoms with Crippen LogP contribution in [0.1, 0.15) is 23.4 Å². The summed E-state index contributed by atoms with van der Waals surface area (Å²) in [4.78, 5) is 16.8. The summed E-state index contributed by atoms with van der Waals surface area (Å²) in [6.07, 6.45) is 7.53. The van der Waals surface area contributed by atoms with E-state index in [0.717, 1.165) is 40.8 Å². The Bertz CT molecular complexity index is 949. The summed E-state index contributed by atoms with van der Waals surface area (Å²) in [6, 6.07) is 16.0. The average Bonchev–Trinajstić information content (AvgIpc) is 2.99. The van der Waals surface area contributed by atoms with Crippen molar-refractivity contribution in [2.75, 3.05) is 6.54 Å². The van der Waals surface area contributed by atoms with E-state index < -0.39 is 0 Å². The van der Waals surface area contributed by atoms with Gasteiger partial charge in [0.15, 0.2) is 0 Å². The largest absolute Gasteiger partial charge is 0.356 e. The second-order valence-electron chi connectivity index (χ2n) is 6.36. The van der Waals surface area contributed by atoms with Crippen LogP contribution in [0, 0.1) is 19.3 Å². The van der Waals surface area contributed by atoms with E-state index in [1.54, 1.807) is 0 Å². The molecule has 0 spiro atoms. The standard InChI is InChI=1S/C22H23N3O/c1-3-15-25-20-12-7-6-11-19(20)24-21(25)13-8-14-23-22(26)16-18-10-5-4-9-17(18)2/h1,4-7,9-12H,8,13-16H2,2H3,(H,23,26). The Balaban J connectivity index is 1.54. The molecule has 0 saturated carbocycles. The molecule has 0 atom stereocenters. The summed E-state index contributed by atoms with van der Waals surface area (Å²) in [5.74, 6) is 3.72. The second kappa shape index (κ2) is 8.35. The molecule has 1 N–H and O–H groups in total. The van der Waals surface area contributed by atoms with Crippen molar-refractivity contribution >= 4 is 16.9 Å². The number of nitrogens with one attached hydrogen (secondary N) is 1. The Kier molecular flexibility index (Phi) is 5.70. The van der Waals surface area contributed by atoms with Crippen molar-refractivity contribution in [3.05, 3.63) is 65.5 Å². The molecule has 0 bridgehead atoms. The fourth-order valence-corrected chi connectivity index (χ4v) is 3.10. The molecule has 2 aromatic carbocycles. The van der Waals surface area contributed by atoms with Gasteiger partial charge < -0.3 is 9.88 Å². The van der Waals surface area contributed by atoms with E-state index >= 15 is 0 Å². The molecule has 0 aliphatic carbocycles. The topological polar surface area (TPSA) is 46.9 Å². The van der Waals surface area contributed by atoms with Gasteiger partial charge in [0.25, 0.3) is 0 Å². The minimum atomic E-state index is 0.0522. The third kappa shape index (κ3) is 4.12. The third-order valence-electron chi connectivity index (χ3n) is 4.49. The van der Waals surface area contributed by atoms with Crippen molar-refractivity contribution in [2.24, 2.45) is 0 Å². The zero-order valence-electron chi connectivity index (χ0n) is 15.0. The molecule has 0 saturated heterocycles. The quantitative estimate of drug-likeness (QED) is 0.528. The van der Waals surface area contributed by atoms with Gasteiger partial charge in [-0.15, -0.1) is 6.42 Å². The summed E-state index contributed by atoms with van der Waals surface area (Å²) >= 11 is 0. The molecular formula is C22H23N3O. The number of fused-ring (bicyclic) bond motifs is 1. The number of carbonyl (C=O) groups is 1. The van der Waals surface area contributed by atoms with Crippen LogP contribution in [0.15, 0.2) is 48.5 Å². The SMILES string of the molecule is C#CCn1c(CCCNC(=O)Cc2ccccc2C)nc2ccccc21. The number of benzene rings is 2. The van der Waals surface area contributed by atoms with Crippen LogP contribution in [0.4, 0.5) is 0 Å². The highest BCUT2D eigenvalue weighted by molar-refractivity contribution is 5.79. The second-order valence-corrected chi connectivity index (χ2v) is 6.36. The van der Waals surface area contributed by atoms with E-state index in [1.807, 2.05) is 55.5 Å². The maximum absolute atomic E-state index is 12.1. The number of terminal acetylenes is 1. The number of para-hydroxylation sites is 2. The predicted molar refractivity (Wildman–Crippen MR) is 105 cm³/mol. The Hall–Kier alpha value is -3.06. The van der Waals surface area contributed by atoms with Crippen LogP contribution in [-0.2, 0) is 24.2 Å². The average molecular weight is 345 g/mol. The molecule has 1 heterocycles. The van der Waals surface area contributed by atoms with Crippen LogP contribution in [0.5, 0.6) is 0 Å². The highest BCUT2D eigenvalue weighted by Crippen LogP contribution is 2.16. The summed E-state index contributed by atoms with van der Waals surface area (Å²) in [5, 5.41) is 3.00. The smallest absolute Gasteiger partial charge is 0.224 e. The van der Waals surface area contributed by atoms with E-state index in [0.29, 0.717) is 19.5 Å². The lowest BCUT2D eigenvalue weighted by atomic mass is 10.1. The Labute approximate surface area is 154 Å². The van der Waals surface area contributed by atoms with Gasteiger partial charge in [0.05, 0.1) is 24.0 Å². The fraction of sp³-hybridized carbons (Fsp3) is 0.273. The van der Waals surface area contributed by atoms with Gasteiger partial charge >= 0.3 is 0 Å². The van der Waals surface area contributed by atoms with Crippen molar-refractivity contribution in [2.45, 2.75) is 32.7 Å². The van der Waals surface area contributed by atoms with Crippen molar-refractivity contribution in [1.29, 1.82) is 0 Å². The molecular weight excluding hydrogens is 322 g/mol. The van der Waals surface area contributed by atoms with Gasteiger partial charge in [0.2, 0.25) is 5.91 Å². The molecule has 4 nitrogen and oxygen atoms in total. The number of aryl methyl sites for hydroxylation is 2. The molecule has 0 aliphatic rings. The van der Waals surface area contributed by atoms with Gasteiger partial charge in [-0.1, -0.05) is 42.3 Å².